The van der Waals surface area contributed by atoms with E-state index in [4.69, 9.17) is 27.3 Å². The van der Waals surface area contributed by atoms with Crippen molar-refractivity contribution in [1.29, 1.82) is 0 Å². The van der Waals surface area contributed by atoms with Gasteiger partial charge in [0.1, 0.15) is 27.0 Å². The van der Waals surface area contributed by atoms with E-state index in [9.17, 15) is 24.3 Å². The number of pyridine rings is 1. The number of rotatable bonds is 13. The number of hydrogen-bond donors (Lipinski definition) is 4. The molecule has 0 spiro atoms. The zero-order chi connectivity index (χ0) is 32.4. The molecule has 2 aliphatic rings. The number of hydrogen-bond acceptors (Lipinski definition) is 12. The van der Waals surface area contributed by atoms with Gasteiger partial charge in [0.15, 0.2) is 23.6 Å². The van der Waals surface area contributed by atoms with Crippen LogP contribution in [0.3, 0.4) is 0 Å². The molecule has 5 heterocycles. The predicted molar refractivity (Wildman–Crippen MR) is 164 cm³/mol. The maximum absolute atomic E-state index is 13.3. The van der Waals surface area contributed by atoms with Gasteiger partial charge in [-0.05, 0) is 33.0 Å². The van der Waals surface area contributed by atoms with Gasteiger partial charge >= 0.3 is 5.97 Å². The summed E-state index contributed by atoms with van der Waals surface area (Å²) >= 11 is 8.31. The van der Waals surface area contributed by atoms with Gasteiger partial charge in [0, 0.05) is 36.2 Å². The van der Waals surface area contributed by atoms with Gasteiger partial charge in [-0.2, -0.15) is 4.57 Å². The Hall–Kier alpha value is -4.19. The largest absolute Gasteiger partial charge is 0.543 e. The normalized spacial score (nSPS) is 18.9. The van der Waals surface area contributed by atoms with Crippen LogP contribution in [0.5, 0.6) is 0 Å². The van der Waals surface area contributed by atoms with Crippen molar-refractivity contribution < 1.29 is 38.8 Å². The van der Waals surface area contributed by atoms with E-state index in [1.54, 1.807) is 0 Å². The first-order valence-corrected chi connectivity index (χ1v) is 16.0. The SMILES string of the molecule is CNCCCn1ccc2c1ccc[n+]2CC1=C(C(=O)[O-])N2C(=O)[C@@H](NC(=O)/C(=N\O[C@H](C)C(=O)O)c3nc(N)sc3Cl)[C@H]2SC1. The number of thiazole rings is 1. The second-order valence-electron chi connectivity index (χ2n) is 10.2. The maximum atomic E-state index is 13.3. The molecule has 5 N–H and O–H groups in total. The van der Waals surface area contributed by atoms with Gasteiger partial charge in [-0.3, -0.25) is 14.5 Å². The van der Waals surface area contributed by atoms with Crippen LogP contribution < -0.4 is 26.0 Å². The molecule has 1 saturated heterocycles. The highest BCUT2D eigenvalue weighted by molar-refractivity contribution is 8.00. The van der Waals surface area contributed by atoms with Gasteiger partial charge in [-0.25, -0.2) is 9.78 Å². The lowest BCUT2D eigenvalue weighted by molar-refractivity contribution is -0.663. The summed E-state index contributed by atoms with van der Waals surface area (Å²) in [6, 6.07) is 4.72. The summed E-state index contributed by atoms with van der Waals surface area (Å²) in [5, 5.41) is 30.1. The van der Waals surface area contributed by atoms with E-state index in [0.717, 1.165) is 46.8 Å². The Morgan fingerprint density at radius 1 is 1.38 bits per heavy atom. The highest BCUT2D eigenvalue weighted by atomic mass is 35.5. The fourth-order valence-corrected chi connectivity index (χ4v) is 7.28. The third-order valence-corrected chi connectivity index (χ3v) is 9.64. The number of carboxylic acids is 2. The van der Waals surface area contributed by atoms with Crippen molar-refractivity contribution in [3.8, 4) is 0 Å². The van der Waals surface area contributed by atoms with E-state index in [2.05, 4.69) is 25.3 Å². The number of nitrogens with one attached hydrogen (secondary N) is 2. The van der Waals surface area contributed by atoms with Gasteiger partial charge in [-0.1, -0.05) is 28.1 Å². The minimum absolute atomic E-state index is 0.00535. The van der Waals surface area contributed by atoms with Crippen LogP contribution in [-0.2, 0) is 37.1 Å². The Morgan fingerprint density at radius 3 is 2.82 bits per heavy atom. The molecule has 0 radical (unpaired) electrons. The minimum atomic E-state index is -1.51. The number of carboxylic acid groups (broad SMARTS) is 2. The fourth-order valence-electron chi connectivity index (χ4n) is 5.02. The molecule has 0 bridgehead atoms. The molecule has 5 rings (SSSR count). The average Bonchev–Trinajstić information content (AvgIpc) is 3.57. The number of anilines is 1. The third kappa shape index (κ3) is 6.47. The van der Waals surface area contributed by atoms with Gasteiger partial charge in [0.2, 0.25) is 11.6 Å². The van der Waals surface area contributed by atoms with Crippen molar-refractivity contribution in [2.75, 3.05) is 25.1 Å². The first-order chi connectivity index (χ1) is 21.5. The number of oxime groups is 1. The molecule has 238 valence electrons. The van der Waals surface area contributed by atoms with Crippen molar-refractivity contribution >= 4 is 80.3 Å². The lowest BCUT2D eigenvalue weighted by Gasteiger charge is -2.50. The second kappa shape index (κ2) is 13.4. The average molecular weight is 677 g/mol. The van der Waals surface area contributed by atoms with Gasteiger partial charge in [-0.15, -0.1) is 11.8 Å². The van der Waals surface area contributed by atoms with Crippen LogP contribution in [0.15, 0.2) is 47.0 Å². The van der Waals surface area contributed by atoms with Crippen molar-refractivity contribution in [2.45, 2.75) is 44.0 Å². The smallest absolute Gasteiger partial charge is 0.347 e. The molecule has 3 aromatic heterocycles. The van der Waals surface area contributed by atoms with Gasteiger partial charge in [0.05, 0.1) is 11.7 Å². The number of aryl methyl sites for hydroxylation is 1. The summed E-state index contributed by atoms with van der Waals surface area (Å²) in [4.78, 5) is 60.2. The lowest BCUT2D eigenvalue weighted by Crippen LogP contribution is -2.71. The van der Waals surface area contributed by atoms with Gasteiger partial charge < -0.3 is 40.8 Å². The second-order valence-corrected chi connectivity index (χ2v) is 12.9. The molecule has 3 atom stereocenters. The number of amides is 2. The number of carbonyl (C=O) groups excluding carboxylic acids is 3. The molecule has 45 heavy (non-hydrogen) atoms. The molecule has 2 aliphatic heterocycles. The van der Waals surface area contributed by atoms with Crippen molar-refractivity contribution in [2.24, 2.45) is 5.16 Å². The highest BCUT2D eigenvalue weighted by Gasteiger charge is 2.53. The maximum Gasteiger partial charge on any atom is 0.347 e. The topological polar surface area (TPSA) is 208 Å². The quantitative estimate of drug-likeness (QED) is 0.0598. The molecule has 2 amide bonds. The zero-order valence-electron chi connectivity index (χ0n) is 24.1. The number of fused-ring (bicyclic) bond motifs is 2. The van der Waals surface area contributed by atoms with Crippen molar-refractivity contribution in [3.05, 3.63) is 51.9 Å². The van der Waals surface area contributed by atoms with Crippen LogP contribution in [0.4, 0.5) is 5.13 Å². The van der Waals surface area contributed by atoms with Gasteiger partial charge in [0.25, 0.3) is 11.8 Å². The van der Waals surface area contributed by atoms with Crippen LogP contribution in [-0.4, -0.2) is 85.9 Å². The molecule has 0 aromatic carbocycles. The first-order valence-electron chi connectivity index (χ1n) is 13.7. The Kier molecular flexibility index (Phi) is 9.62. The summed E-state index contributed by atoms with van der Waals surface area (Å²) in [7, 11) is 1.90. The van der Waals surface area contributed by atoms with E-state index in [-0.39, 0.29) is 33.2 Å². The molecule has 0 aliphatic carbocycles. The number of aliphatic carboxylic acids is 2. The number of nitrogen functional groups attached to an aromatic ring is 1. The van der Waals surface area contributed by atoms with Crippen LogP contribution >= 0.6 is 34.7 Å². The Bertz CT molecular complexity index is 1740. The monoisotopic (exact) mass is 676 g/mol. The first kappa shape index (κ1) is 32.2. The summed E-state index contributed by atoms with van der Waals surface area (Å²) in [6.45, 7) is 3.10. The van der Waals surface area contributed by atoms with E-state index in [0.29, 0.717) is 5.57 Å². The lowest BCUT2D eigenvalue weighted by atomic mass is 10.0. The van der Waals surface area contributed by atoms with Crippen LogP contribution in [0.1, 0.15) is 19.0 Å². The van der Waals surface area contributed by atoms with Crippen LogP contribution in [0.2, 0.25) is 4.34 Å². The molecule has 18 heteroatoms. The molecule has 3 aromatic rings. The van der Waals surface area contributed by atoms with Crippen molar-refractivity contribution in [3.63, 3.8) is 0 Å². The number of nitrogens with two attached hydrogens (primary N) is 1. The number of nitrogens with zero attached hydrogens (tertiary/aromatic N) is 5. The molecule has 0 unspecified atom stereocenters. The van der Waals surface area contributed by atoms with E-state index >= 15 is 0 Å². The summed E-state index contributed by atoms with van der Waals surface area (Å²) in [5.74, 6) is -4.19. The number of carbonyl (C=O) groups is 4. The van der Waals surface area contributed by atoms with Crippen LogP contribution in [0, 0.1) is 0 Å². The molecule has 1 fully saturated rings. The van der Waals surface area contributed by atoms with Crippen LogP contribution in [0.25, 0.3) is 11.0 Å². The zero-order valence-corrected chi connectivity index (χ0v) is 26.4. The summed E-state index contributed by atoms with van der Waals surface area (Å²) in [6.07, 6.45) is 3.37. The molecule has 15 nitrogen and oxygen atoms in total. The fraction of sp³-hybridized carbons (Fsp3) is 0.370. The minimum Gasteiger partial charge on any atom is -0.543 e. The molecular formula is C27H29ClN8O7S2. The Balaban J connectivity index is 1.36. The van der Waals surface area contributed by atoms with E-state index < -0.39 is 47.0 Å². The molecule has 0 saturated carbocycles. The van der Waals surface area contributed by atoms with E-state index in [1.165, 1.54) is 18.7 Å². The predicted octanol–water partition coefficient (Wildman–Crippen LogP) is -0.472. The number of thioether (sulfide) groups is 1. The number of halogens is 1. The van der Waals surface area contributed by atoms with Crippen molar-refractivity contribution in [1.82, 2.24) is 25.1 Å². The summed E-state index contributed by atoms with van der Waals surface area (Å²) in [5.41, 5.74) is 7.20. The Morgan fingerprint density at radius 2 is 2.16 bits per heavy atom. The number of aromatic nitrogens is 3. The molecular weight excluding hydrogens is 648 g/mol. The number of β-lactam (4-membered cyclic amide) rings is 1. The standard InChI is InChI=1S/C27H29ClN8O7S2/c1-13(25(39)40)43-33-18(17-21(28)45-27(29)32-17)22(37)31-19-23(38)36-20(26(41)42)14(12-44-24(19)36)11-35-8-3-5-15-16(35)6-10-34(15)9-4-7-30-2/h3,5-6,8,10,13,19,24,30H,4,7,9,11-12H2,1-2H3,(H4-,29,31,32,37,39,40,41,42)/b33-18-/t13-,19-,24-/m1/s1. The Labute approximate surface area is 269 Å². The third-order valence-electron chi connectivity index (χ3n) is 7.22. The highest BCUT2D eigenvalue weighted by Crippen LogP contribution is 2.40. The summed E-state index contributed by atoms with van der Waals surface area (Å²) < 4.78 is 4.05. The van der Waals surface area contributed by atoms with E-state index in [1.807, 2.05) is 42.2 Å².